The van der Waals surface area contributed by atoms with Gasteiger partial charge in [0.1, 0.15) is 5.75 Å². The number of amides is 2. The molecule has 3 aliphatic heterocycles. The third-order valence-electron chi connectivity index (χ3n) is 5.37. The average molecular weight is 380 g/mol. The first kappa shape index (κ1) is 18.4. The van der Waals surface area contributed by atoms with Crippen LogP contribution in [-0.2, 0) is 4.79 Å². The number of aromatic nitrogens is 1. The van der Waals surface area contributed by atoms with Crippen molar-refractivity contribution in [3.63, 3.8) is 0 Å². The first-order valence-corrected chi connectivity index (χ1v) is 9.61. The van der Waals surface area contributed by atoms with Crippen LogP contribution >= 0.6 is 0 Å². The molecular weight excluding hydrogens is 356 g/mol. The smallest absolute Gasteiger partial charge is 0.251 e. The molecular formula is C21H24N4O3. The first-order chi connectivity index (χ1) is 13.6. The predicted molar refractivity (Wildman–Crippen MR) is 105 cm³/mol. The highest BCUT2D eigenvalue weighted by molar-refractivity contribution is 5.94. The maximum absolute atomic E-state index is 12.6. The van der Waals surface area contributed by atoms with Gasteiger partial charge in [-0.1, -0.05) is 0 Å². The number of fused-ring (bicyclic) bond motifs is 3. The molecule has 3 fully saturated rings. The largest absolute Gasteiger partial charge is 0.439 e. The number of nitrogens with one attached hydrogen (secondary N) is 2. The Morgan fingerprint density at radius 1 is 1.11 bits per heavy atom. The molecule has 7 heteroatoms. The van der Waals surface area contributed by atoms with Gasteiger partial charge >= 0.3 is 0 Å². The van der Waals surface area contributed by atoms with Crippen LogP contribution < -0.4 is 15.4 Å². The van der Waals surface area contributed by atoms with Crippen LogP contribution in [0.25, 0.3) is 0 Å². The number of carbonyl (C=O) groups excluding carboxylic acids is 2. The number of piperidine rings is 3. The molecule has 0 aliphatic carbocycles. The number of rotatable bonds is 5. The molecule has 146 valence electrons. The van der Waals surface area contributed by atoms with Gasteiger partial charge in [0.25, 0.3) is 5.91 Å². The number of hydrogen-bond acceptors (Lipinski definition) is 5. The summed E-state index contributed by atoms with van der Waals surface area (Å²) in [4.78, 5) is 30.2. The van der Waals surface area contributed by atoms with E-state index in [9.17, 15) is 9.59 Å². The summed E-state index contributed by atoms with van der Waals surface area (Å²) in [6.45, 7) is 4.71. The van der Waals surface area contributed by atoms with Crippen LogP contribution in [0.2, 0.25) is 0 Å². The average Bonchev–Trinajstić information content (AvgIpc) is 2.70. The summed E-state index contributed by atoms with van der Waals surface area (Å²) in [5, 5.41) is 5.84. The second kappa shape index (κ2) is 7.98. The monoisotopic (exact) mass is 380 g/mol. The zero-order valence-corrected chi connectivity index (χ0v) is 15.9. The summed E-state index contributed by atoms with van der Waals surface area (Å²) >= 11 is 0. The zero-order chi connectivity index (χ0) is 19.5. The van der Waals surface area contributed by atoms with Gasteiger partial charge in [-0.2, -0.15) is 0 Å². The molecule has 2 bridgehead atoms. The molecule has 28 heavy (non-hydrogen) atoms. The second-order valence-corrected chi connectivity index (χ2v) is 7.41. The van der Waals surface area contributed by atoms with Crippen molar-refractivity contribution in [1.29, 1.82) is 0 Å². The molecule has 2 amide bonds. The van der Waals surface area contributed by atoms with E-state index in [0.29, 0.717) is 28.8 Å². The maximum Gasteiger partial charge on any atom is 0.251 e. The fourth-order valence-electron chi connectivity index (χ4n) is 3.89. The summed E-state index contributed by atoms with van der Waals surface area (Å²) in [6, 6.07) is 10.7. The molecule has 1 atom stereocenters. The number of pyridine rings is 1. The Kier molecular flexibility index (Phi) is 5.25. The van der Waals surface area contributed by atoms with E-state index in [1.54, 1.807) is 36.4 Å². The zero-order valence-electron chi connectivity index (χ0n) is 15.9. The van der Waals surface area contributed by atoms with Crippen LogP contribution in [-0.4, -0.2) is 47.4 Å². The fraction of sp³-hybridized carbons (Fsp3) is 0.381. The molecule has 0 unspecified atom stereocenters. The third kappa shape index (κ3) is 4.31. The topological polar surface area (TPSA) is 83.6 Å². The molecule has 1 aromatic heterocycles. The quantitative estimate of drug-likeness (QED) is 0.833. The molecule has 0 saturated carbocycles. The number of benzene rings is 1. The van der Waals surface area contributed by atoms with Gasteiger partial charge in [-0.3, -0.25) is 9.59 Å². The van der Waals surface area contributed by atoms with E-state index in [0.717, 1.165) is 19.6 Å². The number of hydrogen-bond donors (Lipinski definition) is 2. The predicted octanol–water partition coefficient (Wildman–Crippen LogP) is 2.66. The van der Waals surface area contributed by atoms with Crippen molar-refractivity contribution >= 4 is 17.5 Å². The van der Waals surface area contributed by atoms with Gasteiger partial charge < -0.3 is 20.3 Å². The number of nitrogens with zero attached hydrogens (tertiary/aromatic N) is 2. The van der Waals surface area contributed by atoms with E-state index in [-0.39, 0.29) is 17.9 Å². The van der Waals surface area contributed by atoms with Crippen molar-refractivity contribution in [2.75, 3.05) is 25.0 Å². The van der Waals surface area contributed by atoms with Crippen molar-refractivity contribution < 1.29 is 14.3 Å². The van der Waals surface area contributed by atoms with E-state index in [4.69, 9.17) is 4.74 Å². The Balaban J connectivity index is 1.34. The molecule has 7 nitrogen and oxygen atoms in total. The Morgan fingerprint density at radius 2 is 1.86 bits per heavy atom. The van der Waals surface area contributed by atoms with Crippen LogP contribution in [0.3, 0.4) is 0 Å². The minimum atomic E-state index is -0.150. The number of anilines is 1. The summed E-state index contributed by atoms with van der Waals surface area (Å²) in [5.41, 5.74) is 1.23. The van der Waals surface area contributed by atoms with Gasteiger partial charge in [0.15, 0.2) is 0 Å². The lowest BCUT2D eigenvalue weighted by atomic mass is 9.84. The highest BCUT2D eigenvalue weighted by Gasteiger charge is 2.34. The van der Waals surface area contributed by atoms with Crippen LogP contribution in [0.15, 0.2) is 42.6 Å². The van der Waals surface area contributed by atoms with Crippen molar-refractivity contribution in [2.45, 2.75) is 25.8 Å². The van der Waals surface area contributed by atoms with E-state index in [1.165, 1.54) is 26.0 Å². The van der Waals surface area contributed by atoms with Crippen molar-refractivity contribution in [1.82, 2.24) is 15.2 Å². The molecule has 0 radical (unpaired) electrons. The van der Waals surface area contributed by atoms with Crippen molar-refractivity contribution in [3.8, 4) is 11.6 Å². The maximum atomic E-state index is 12.6. The molecule has 1 aromatic carbocycles. The van der Waals surface area contributed by atoms with Gasteiger partial charge in [-0.15, -0.1) is 0 Å². The van der Waals surface area contributed by atoms with Gasteiger partial charge in [0, 0.05) is 31.1 Å². The van der Waals surface area contributed by atoms with E-state index in [2.05, 4.69) is 20.5 Å². The first-order valence-electron chi connectivity index (χ1n) is 9.61. The van der Waals surface area contributed by atoms with Gasteiger partial charge in [0.2, 0.25) is 11.8 Å². The molecule has 2 N–H and O–H groups in total. The molecule has 4 heterocycles. The Morgan fingerprint density at radius 3 is 2.43 bits per heavy atom. The molecule has 3 aliphatic rings. The van der Waals surface area contributed by atoms with Crippen molar-refractivity contribution in [2.24, 2.45) is 5.92 Å². The second-order valence-electron chi connectivity index (χ2n) is 7.41. The number of ether oxygens (including phenoxy) is 1. The summed E-state index contributed by atoms with van der Waals surface area (Å²) in [5.74, 6) is 1.42. The van der Waals surface area contributed by atoms with Crippen molar-refractivity contribution in [3.05, 3.63) is 48.2 Å². The number of carbonyl (C=O) groups is 2. The van der Waals surface area contributed by atoms with Crippen LogP contribution in [0.4, 0.5) is 5.69 Å². The van der Waals surface area contributed by atoms with Crippen LogP contribution in [0.1, 0.15) is 30.1 Å². The van der Waals surface area contributed by atoms with E-state index in [1.807, 2.05) is 0 Å². The highest BCUT2D eigenvalue weighted by Crippen LogP contribution is 2.28. The molecule has 2 aromatic rings. The normalized spacial score (nSPS) is 23.1. The van der Waals surface area contributed by atoms with Gasteiger partial charge in [-0.05, 0) is 62.2 Å². The lowest BCUT2D eigenvalue weighted by Gasteiger charge is -2.44. The SMILES string of the molecule is CC(=O)Nc1ccc(Oc2ccc(C(=O)N[C@H]3CN4CCC3CC4)cc2)nc1. The molecule has 3 saturated heterocycles. The summed E-state index contributed by atoms with van der Waals surface area (Å²) < 4.78 is 5.70. The summed E-state index contributed by atoms with van der Waals surface area (Å²) in [7, 11) is 0. The van der Waals surface area contributed by atoms with E-state index < -0.39 is 0 Å². The minimum absolute atomic E-state index is 0.0388. The molecule has 5 rings (SSSR count). The Bertz CT molecular complexity index is 843. The van der Waals surface area contributed by atoms with Crippen LogP contribution in [0.5, 0.6) is 11.6 Å². The van der Waals surface area contributed by atoms with Gasteiger partial charge in [-0.25, -0.2) is 4.98 Å². The van der Waals surface area contributed by atoms with Gasteiger partial charge in [0.05, 0.1) is 11.9 Å². The van der Waals surface area contributed by atoms with Crippen LogP contribution in [0, 0.1) is 5.92 Å². The molecule has 0 spiro atoms. The summed E-state index contributed by atoms with van der Waals surface area (Å²) in [6.07, 6.45) is 3.88. The Labute approximate surface area is 164 Å². The fourth-order valence-corrected chi connectivity index (χ4v) is 3.89. The van der Waals surface area contributed by atoms with E-state index >= 15 is 0 Å². The Hall–Kier alpha value is -2.93. The minimum Gasteiger partial charge on any atom is -0.439 e. The standard InChI is InChI=1S/C21H24N4O3/c1-14(26)23-17-4-7-20(22-12-17)28-18-5-2-16(3-6-18)21(27)24-19-13-25-10-8-15(19)9-11-25/h2-7,12,15,19H,8-11,13H2,1H3,(H,23,26)(H,24,27)/t19-/m0/s1. The third-order valence-corrected chi connectivity index (χ3v) is 5.37. The highest BCUT2D eigenvalue weighted by atomic mass is 16.5. The lowest BCUT2D eigenvalue weighted by Crippen LogP contribution is -2.57. The lowest BCUT2D eigenvalue weighted by molar-refractivity contribution is -0.114.